The van der Waals surface area contributed by atoms with Crippen molar-refractivity contribution < 1.29 is 9.53 Å². The first kappa shape index (κ1) is 22.6. The normalized spacial score (nSPS) is 15.0. The van der Waals surface area contributed by atoms with Crippen LogP contribution in [0, 0.1) is 0 Å². The highest BCUT2D eigenvalue weighted by atomic mass is 32.2. The molecule has 166 valence electrons. The molecule has 0 spiro atoms. The van der Waals surface area contributed by atoms with Gasteiger partial charge in [0.05, 0.1) is 4.58 Å². The van der Waals surface area contributed by atoms with Gasteiger partial charge in [-0.3, -0.25) is 4.79 Å². The third-order valence-electron chi connectivity index (χ3n) is 5.20. The van der Waals surface area contributed by atoms with Gasteiger partial charge < -0.3 is 15.4 Å². The van der Waals surface area contributed by atoms with Gasteiger partial charge in [-0.2, -0.15) is 0 Å². The van der Waals surface area contributed by atoms with E-state index in [-0.39, 0.29) is 18.6 Å². The van der Waals surface area contributed by atoms with Crippen molar-refractivity contribution in [2.75, 3.05) is 28.7 Å². The zero-order valence-electron chi connectivity index (χ0n) is 18.1. The van der Waals surface area contributed by atoms with E-state index >= 15 is 0 Å². The summed E-state index contributed by atoms with van der Waals surface area (Å²) in [5.41, 5.74) is 4.29. The Bertz CT molecular complexity index is 989. The van der Waals surface area contributed by atoms with Gasteiger partial charge in [0.15, 0.2) is 6.61 Å². The molecule has 1 fully saturated rings. The van der Waals surface area contributed by atoms with Gasteiger partial charge in [0, 0.05) is 17.4 Å². The number of ether oxygens (including phenoxy) is 1. The quantitative estimate of drug-likeness (QED) is 0.386. The molecule has 2 N–H and O–H groups in total. The van der Waals surface area contributed by atoms with Gasteiger partial charge in [-0.15, -0.1) is 23.5 Å². The minimum Gasteiger partial charge on any atom is -0.484 e. The molecule has 1 amide bonds. The highest BCUT2D eigenvalue weighted by Gasteiger charge is 2.16. The third-order valence-corrected chi connectivity index (χ3v) is 8.22. The van der Waals surface area contributed by atoms with E-state index in [0.29, 0.717) is 10.3 Å². The Balaban J connectivity index is 1.23. The molecular formula is C26H28N2O2S2. The van der Waals surface area contributed by atoms with Crippen LogP contribution in [0.3, 0.4) is 0 Å². The fourth-order valence-electron chi connectivity index (χ4n) is 3.47. The topological polar surface area (TPSA) is 50.4 Å². The Hall–Kier alpha value is -2.57. The lowest BCUT2D eigenvalue weighted by molar-refractivity contribution is -0.118. The van der Waals surface area contributed by atoms with Crippen LogP contribution in [0.2, 0.25) is 0 Å². The number of carbonyl (C=O) groups is 1. The van der Waals surface area contributed by atoms with Crippen molar-refractivity contribution in [3.63, 3.8) is 0 Å². The smallest absolute Gasteiger partial charge is 0.262 e. The molecule has 1 saturated heterocycles. The van der Waals surface area contributed by atoms with Crippen LogP contribution in [0.25, 0.3) is 0 Å². The average Bonchev–Trinajstić information content (AvgIpc) is 2.85. The average molecular weight is 465 g/mol. The van der Waals surface area contributed by atoms with E-state index in [1.165, 1.54) is 29.1 Å². The van der Waals surface area contributed by atoms with Crippen molar-refractivity contribution in [3.05, 3.63) is 90.0 Å². The van der Waals surface area contributed by atoms with Crippen molar-refractivity contribution in [2.45, 2.75) is 24.0 Å². The second-order valence-electron chi connectivity index (χ2n) is 7.69. The van der Waals surface area contributed by atoms with E-state index in [1.54, 1.807) is 0 Å². The number of rotatable bonds is 8. The van der Waals surface area contributed by atoms with Crippen LogP contribution in [0.15, 0.2) is 78.9 Å². The van der Waals surface area contributed by atoms with Crippen LogP contribution >= 0.6 is 23.5 Å². The lowest BCUT2D eigenvalue weighted by Gasteiger charge is -2.21. The highest BCUT2D eigenvalue weighted by Crippen LogP contribution is 2.43. The van der Waals surface area contributed by atoms with Crippen LogP contribution in [0.4, 0.5) is 11.4 Å². The molecule has 4 rings (SSSR count). The molecule has 6 heteroatoms. The van der Waals surface area contributed by atoms with Crippen molar-refractivity contribution in [2.24, 2.45) is 0 Å². The van der Waals surface area contributed by atoms with Crippen molar-refractivity contribution in [1.29, 1.82) is 0 Å². The fraction of sp³-hybridized carbons (Fsp3) is 0.269. The first-order chi connectivity index (χ1) is 15.7. The molecule has 1 heterocycles. The van der Waals surface area contributed by atoms with Crippen LogP contribution in [0.1, 0.15) is 35.1 Å². The Labute approximate surface area is 198 Å². The molecule has 0 saturated carbocycles. The van der Waals surface area contributed by atoms with Gasteiger partial charge in [-0.05, 0) is 72.4 Å². The van der Waals surface area contributed by atoms with Gasteiger partial charge in [-0.25, -0.2) is 0 Å². The van der Waals surface area contributed by atoms with Crippen molar-refractivity contribution >= 4 is 40.8 Å². The molecule has 1 unspecified atom stereocenters. The Morgan fingerprint density at radius 3 is 2.28 bits per heavy atom. The maximum Gasteiger partial charge on any atom is 0.262 e. The number of thioether (sulfide) groups is 2. The standard InChI is InChI=1S/C26H28N2O2S2/c1-19(20-6-3-2-4-7-20)27-22-10-12-23(13-11-22)28-25(29)18-30-24-14-8-21(9-15-24)26-31-16-5-17-32-26/h2-4,6-15,19,26-27H,5,16-18H2,1H3,(H,28,29). The zero-order chi connectivity index (χ0) is 22.2. The Morgan fingerprint density at radius 2 is 1.59 bits per heavy atom. The van der Waals surface area contributed by atoms with Crippen molar-refractivity contribution in [3.8, 4) is 5.75 Å². The molecule has 1 aliphatic rings. The van der Waals surface area contributed by atoms with Gasteiger partial charge in [0.25, 0.3) is 5.91 Å². The summed E-state index contributed by atoms with van der Waals surface area (Å²) < 4.78 is 6.18. The maximum atomic E-state index is 12.3. The van der Waals surface area contributed by atoms with E-state index in [0.717, 1.165) is 11.4 Å². The lowest BCUT2D eigenvalue weighted by Crippen LogP contribution is -2.20. The number of carbonyl (C=O) groups excluding carboxylic acids is 1. The molecular weight excluding hydrogens is 436 g/mol. The summed E-state index contributed by atoms with van der Waals surface area (Å²) >= 11 is 4.00. The van der Waals surface area contributed by atoms with E-state index in [2.05, 4.69) is 41.8 Å². The summed E-state index contributed by atoms with van der Waals surface area (Å²) in [5, 5.41) is 6.36. The lowest BCUT2D eigenvalue weighted by atomic mass is 10.1. The second kappa shape index (κ2) is 11.3. The van der Waals surface area contributed by atoms with E-state index < -0.39 is 0 Å². The summed E-state index contributed by atoms with van der Waals surface area (Å²) in [4.78, 5) is 12.3. The number of hydrogen-bond donors (Lipinski definition) is 2. The number of amides is 1. The molecule has 1 atom stereocenters. The minimum atomic E-state index is -0.175. The zero-order valence-corrected chi connectivity index (χ0v) is 19.8. The van der Waals surface area contributed by atoms with Crippen LogP contribution in [0.5, 0.6) is 5.75 Å². The minimum absolute atomic E-state index is 0.0165. The molecule has 0 aliphatic carbocycles. The van der Waals surface area contributed by atoms with Gasteiger partial charge >= 0.3 is 0 Å². The fourth-order valence-corrected chi connectivity index (χ4v) is 6.37. The molecule has 0 aromatic heterocycles. The summed E-state index contributed by atoms with van der Waals surface area (Å²) in [5.74, 6) is 2.98. The Morgan fingerprint density at radius 1 is 0.938 bits per heavy atom. The predicted octanol–water partition coefficient (Wildman–Crippen LogP) is 6.75. The molecule has 4 nitrogen and oxygen atoms in total. The molecule has 3 aromatic carbocycles. The number of nitrogens with one attached hydrogen (secondary N) is 2. The monoisotopic (exact) mass is 464 g/mol. The van der Waals surface area contributed by atoms with E-state index in [1.807, 2.05) is 78.1 Å². The summed E-state index contributed by atoms with van der Waals surface area (Å²) in [6.45, 7) is 2.11. The van der Waals surface area contributed by atoms with E-state index in [4.69, 9.17) is 4.74 Å². The van der Waals surface area contributed by atoms with E-state index in [9.17, 15) is 4.79 Å². The van der Waals surface area contributed by atoms with Crippen LogP contribution < -0.4 is 15.4 Å². The summed E-state index contributed by atoms with van der Waals surface area (Å²) in [6, 6.07) is 26.3. The number of anilines is 2. The van der Waals surface area contributed by atoms with Crippen molar-refractivity contribution in [1.82, 2.24) is 0 Å². The second-order valence-corrected chi connectivity index (χ2v) is 10.4. The van der Waals surface area contributed by atoms with Gasteiger partial charge in [0.2, 0.25) is 0 Å². The molecule has 0 bridgehead atoms. The highest BCUT2D eigenvalue weighted by molar-refractivity contribution is 8.16. The third kappa shape index (κ3) is 6.47. The predicted molar refractivity (Wildman–Crippen MR) is 138 cm³/mol. The Kier molecular flexibility index (Phi) is 8.02. The number of hydrogen-bond acceptors (Lipinski definition) is 5. The molecule has 32 heavy (non-hydrogen) atoms. The van der Waals surface area contributed by atoms with Crippen LogP contribution in [-0.4, -0.2) is 24.0 Å². The first-order valence-electron chi connectivity index (χ1n) is 10.8. The largest absolute Gasteiger partial charge is 0.484 e. The molecule has 3 aromatic rings. The summed E-state index contributed by atoms with van der Waals surface area (Å²) in [6.07, 6.45) is 1.29. The molecule has 1 aliphatic heterocycles. The first-order valence-corrected chi connectivity index (χ1v) is 12.9. The van der Waals surface area contributed by atoms with Gasteiger partial charge in [0.1, 0.15) is 5.75 Å². The van der Waals surface area contributed by atoms with Crippen LogP contribution in [-0.2, 0) is 4.79 Å². The number of benzene rings is 3. The van der Waals surface area contributed by atoms with Gasteiger partial charge in [-0.1, -0.05) is 42.5 Å². The maximum absolute atomic E-state index is 12.3. The SMILES string of the molecule is CC(Nc1ccc(NC(=O)COc2ccc(C3SCCCS3)cc2)cc1)c1ccccc1. The molecule has 0 radical (unpaired) electrons. The summed E-state index contributed by atoms with van der Waals surface area (Å²) in [7, 11) is 0.